The van der Waals surface area contributed by atoms with Gasteiger partial charge in [0.25, 0.3) is 10.0 Å². The molecule has 2 heterocycles. The molecule has 0 aromatic carbocycles. The van der Waals surface area contributed by atoms with E-state index in [4.69, 9.17) is 17.3 Å². The van der Waals surface area contributed by atoms with E-state index in [9.17, 15) is 8.42 Å². The first-order valence-corrected chi connectivity index (χ1v) is 7.54. The summed E-state index contributed by atoms with van der Waals surface area (Å²) in [5, 5.41) is 0.420. The molecule has 0 spiro atoms. The van der Waals surface area contributed by atoms with Gasteiger partial charge in [-0.15, -0.1) is 11.3 Å². The molecule has 0 amide bonds. The van der Waals surface area contributed by atoms with Crippen molar-refractivity contribution in [3.63, 3.8) is 0 Å². The Morgan fingerprint density at radius 2 is 2.20 bits per heavy atom. The number of sulfonamides is 1. The minimum absolute atomic E-state index is 0.0429. The van der Waals surface area contributed by atoms with Crippen LogP contribution in [0.15, 0.2) is 14.1 Å². The van der Waals surface area contributed by atoms with E-state index in [1.54, 1.807) is 0 Å². The van der Waals surface area contributed by atoms with Crippen LogP contribution in [0.4, 0.5) is 0 Å². The van der Waals surface area contributed by atoms with Gasteiger partial charge < -0.3 is 5.73 Å². The fourth-order valence-corrected chi connectivity index (χ4v) is 5.35. The van der Waals surface area contributed by atoms with Crippen molar-refractivity contribution in [3.05, 3.63) is 14.9 Å². The molecule has 8 heteroatoms. The van der Waals surface area contributed by atoms with Crippen molar-refractivity contribution < 1.29 is 8.42 Å². The lowest BCUT2D eigenvalue weighted by molar-refractivity contribution is 0.266. The lowest BCUT2D eigenvalue weighted by Crippen LogP contribution is -2.57. The summed E-state index contributed by atoms with van der Waals surface area (Å²) in [6.07, 6.45) is 0. The molecule has 1 saturated heterocycles. The van der Waals surface area contributed by atoms with Gasteiger partial charge in [-0.1, -0.05) is 11.6 Å². The molecule has 1 aliphatic heterocycles. The number of nitrogens with zero attached hydrogens (tertiary/aromatic N) is 1. The van der Waals surface area contributed by atoms with Crippen LogP contribution in [-0.4, -0.2) is 31.9 Å². The predicted molar refractivity (Wildman–Crippen MR) is 63.8 cm³/mol. The van der Waals surface area contributed by atoms with Crippen molar-refractivity contribution in [2.24, 2.45) is 5.73 Å². The second-order valence-electron chi connectivity index (χ2n) is 3.27. The summed E-state index contributed by atoms with van der Waals surface area (Å²) in [6, 6.07) is 1.41. The van der Waals surface area contributed by atoms with Crippen LogP contribution in [0.5, 0.6) is 0 Å². The number of thiophene rings is 1. The molecule has 1 fully saturated rings. The van der Waals surface area contributed by atoms with E-state index in [-0.39, 0.29) is 10.3 Å². The van der Waals surface area contributed by atoms with Crippen molar-refractivity contribution in [2.75, 3.05) is 13.1 Å². The molecule has 2 N–H and O–H groups in total. The van der Waals surface area contributed by atoms with E-state index < -0.39 is 10.0 Å². The summed E-state index contributed by atoms with van der Waals surface area (Å²) in [5.74, 6) is 0. The summed E-state index contributed by atoms with van der Waals surface area (Å²) < 4.78 is 26.1. The molecule has 4 nitrogen and oxygen atoms in total. The van der Waals surface area contributed by atoms with E-state index in [2.05, 4.69) is 15.9 Å². The minimum Gasteiger partial charge on any atom is -0.325 e. The maximum atomic E-state index is 11.9. The molecule has 15 heavy (non-hydrogen) atoms. The second-order valence-corrected chi connectivity index (χ2v) is 8.21. The molecule has 2 rings (SSSR count). The van der Waals surface area contributed by atoms with Gasteiger partial charge in [-0.05, 0) is 22.0 Å². The summed E-state index contributed by atoms with van der Waals surface area (Å²) >= 11 is 10.1. The van der Waals surface area contributed by atoms with Crippen LogP contribution in [0.25, 0.3) is 0 Å². The van der Waals surface area contributed by atoms with Gasteiger partial charge in [0.05, 0.1) is 8.81 Å². The Labute approximate surface area is 105 Å². The summed E-state index contributed by atoms with van der Waals surface area (Å²) in [7, 11) is -3.38. The van der Waals surface area contributed by atoms with Crippen LogP contribution in [0.3, 0.4) is 0 Å². The maximum Gasteiger partial charge on any atom is 0.252 e. The van der Waals surface area contributed by atoms with Crippen LogP contribution in [-0.2, 0) is 10.0 Å². The average Bonchev–Trinajstić information content (AvgIpc) is 2.42. The number of halogens is 2. The molecule has 0 saturated carbocycles. The SMILES string of the molecule is NC1CN(S(=O)(=O)c2cc(Cl)c(Br)s2)C1. The van der Waals surface area contributed by atoms with Crippen molar-refractivity contribution >= 4 is 48.9 Å². The number of rotatable bonds is 2. The van der Waals surface area contributed by atoms with Crippen LogP contribution in [0.2, 0.25) is 5.02 Å². The van der Waals surface area contributed by atoms with Gasteiger partial charge in [0.2, 0.25) is 0 Å². The topological polar surface area (TPSA) is 63.4 Å². The predicted octanol–water partition coefficient (Wildman–Crippen LogP) is 1.50. The van der Waals surface area contributed by atoms with Gasteiger partial charge >= 0.3 is 0 Å². The average molecular weight is 332 g/mol. The van der Waals surface area contributed by atoms with Crippen LogP contribution < -0.4 is 5.73 Å². The monoisotopic (exact) mass is 330 g/mol. The molecule has 0 bridgehead atoms. The smallest absolute Gasteiger partial charge is 0.252 e. The van der Waals surface area contributed by atoms with Crippen LogP contribution >= 0.6 is 38.9 Å². The minimum atomic E-state index is -3.38. The largest absolute Gasteiger partial charge is 0.325 e. The van der Waals surface area contributed by atoms with E-state index in [0.717, 1.165) is 11.3 Å². The lowest BCUT2D eigenvalue weighted by Gasteiger charge is -2.34. The number of hydrogen-bond donors (Lipinski definition) is 1. The Morgan fingerprint density at radius 1 is 1.60 bits per heavy atom. The zero-order chi connectivity index (χ0) is 11.2. The zero-order valence-corrected chi connectivity index (χ0v) is 11.5. The van der Waals surface area contributed by atoms with Gasteiger partial charge in [0.1, 0.15) is 4.21 Å². The Bertz CT molecular complexity index is 462. The van der Waals surface area contributed by atoms with Crippen LogP contribution in [0.1, 0.15) is 0 Å². The standard InChI is InChI=1S/C7H8BrClN2O2S2/c8-7-5(9)1-6(14-7)15(12,13)11-2-4(10)3-11/h1,4H,2-3,10H2. The Kier molecular flexibility index (Phi) is 3.13. The summed E-state index contributed by atoms with van der Waals surface area (Å²) in [5.41, 5.74) is 5.54. The van der Waals surface area contributed by atoms with E-state index in [1.165, 1.54) is 10.4 Å². The molecule has 1 aliphatic rings. The molecular weight excluding hydrogens is 324 g/mol. The van der Waals surface area contributed by atoms with Gasteiger partial charge in [0.15, 0.2) is 0 Å². The number of nitrogens with two attached hydrogens (primary N) is 1. The summed E-state index contributed by atoms with van der Waals surface area (Å²) in [4.78, 5) is 0. The third kappa shape index (κ3) is 2.09. The lowest BCUT2D eigenvalue weighted by atomic mass is 10.2. The molecule has 1 aromatic rings. The fraction of sp³-hybridized carbons (Fsp3) is 0.429. The first-order valence-electron chi connectivity index (χ1n) is 4.12. The first-order chi connectivity index (χ1) is 6.91. The normalized spacial score (nSPS) is 19.1. The first kappa shape index (κ1) is 11.8. The zero-order valence-electron chi connectivity index (χ0n) is 7.48. The van der Waals surface area contributed by atoms with Crippen molar-refractivity contribution in [2.45, 2.75) is 10.3 Å². The molecule has 84 valence electrons. The molecular formula is C7H8BrClN2O2S2. The Balaban J connectivity index is 2.30. The van der Waals surface area contributed by atoms with Crippen molar-refractivity contribution in [3.8, 4) is 0 Å². The molecule has 0 atom stereocenters. The Hall–Kier alpha value is 0.340. The van der Waals surface area contributed by atoms with Gasteiger partial charge in [-0.25, -0.2) is 8.42 Å². The third-order valence-electron chi connectivity index (χ3n) is 2.09. The molecule has 0 unspecified atom stereocenters. The highest BCUT2D eigenvalue weighted by molar-refractivity contribution is 9.11. The Morgan fingerprint density at radius 3 is 2.60 bits per heavy atom. The fourth-order valence-electron chi connectivity index (χ4n) is 1.25. The van der Waals surface area contributed by atoms with E-state index in [1.807, 2.05) is 0 Å². The molecule has 1 aromatic heterocycles. The maximum absolute atomic E-state index is 11.9. The van der Waals surface area contributed by atoms with Gasteiger partial charge in [-0.3, -0.25) is 0 Å². The third-order valence-corrected chi connectivity index (χ3v) is 6.85. The quantitative estimate of drug-likeness (QED) is 0.893. The van der Waals surface area contributed by atoms with Crippen molar-refractivity contribution in [1.29, 1.82) is 0 Å². The highest BCUT2D eigenvalue weighted by atomic mass is 79.9. The van der Waals surface area contributed by atoms with E-state index in [0.29, 0.717) is 21.9 Å². The van der Waals surface area contributed by atoms with Crippen molar-refractivity contribution in [1.82, 2.24) is 4.31 Å². The highest BCUT2D eigenvalue weighted by Gasteiger charge is 2.35. The second kappa shape index (κ2) is 3.97. The highest BCUT2D eigenvalue weighted by Crippen LogP contribution is 2.36. The summed E-state index contributed by atoms with van der Waals surface area (Å²) in [6.45, 7) is 0.769. The van der Waals surface area contributed by atoms with Crippen LogP contribution in [0, 0.1) is 0 Å². The van der Waals surface area contributed by atoms with Gasteiger partial charge in [-0.2, -0.15) is 4.31 Å². The number of hydrogen-bond acceptors (Lipinski definition) is 4. The molecule has 0 radical (unpaired) electrons. The van der Waals surface area contributed by atoms with E-state index >= 15 is 0 Å². The molecule has 0 aliphatic carbocycles. The van der Waals surface area contributed by atoms with Gasteiger partial charge in [0, 0.05) is 19.1 Å².